The van der Waals surface area contributed by atoms with Gasteiger partial charge in [0.25, 0.3) is 0 Å². The number of rotatable bonds is 13. The molecule has 4 rings (SSSR count). The van der Waals surface area contributed by atoms with Crippen LogP contribution in [0, 0.1) is 5.92 Å². The molecule has 0 spiro atoms. The van der Waals surface area contributed by atoms with Gasteiger partial charge in [-0.25, -0.2) is 0 Å². The predicted octanol–water partition coefficient (Wildman–Crippen LogP) is 3.68. The summed E-state index contributed by atoms with van der Waals surface area (Å²) in [5.74, 6) is -1.73. The van der Waals surface area contributed by atoms with Crippen LogP contribution in [-0.4, -0.2) is 66.0 Å². The van der Waals surface area contributed by atoms with Gasteiger partial charge >= 0.3 is 0 Å². The Morgan fingerprint density at radius 3 is 2.38 bits per heavy atom. The van der Waals surface area contributed by atoms with Crippen molar-refractivity contribution < 1.29 is 24.0 Å². The first-order chi connectivity index (χ1) is 21.5. The van der Waals surface area contributed by atoms with Gasteiger partial charge in [-0.15, -0.1) is 0 Å². The first kappa shape index (κ1) is 33.4. The lowest BCUT2D eigenvalue weighted by Gasteiger charge is -2.35. The van der Waals surface area contributed by atoms with Gasteiger partial charge in [-0.05, 0) is 68.9 Å². The molecule has 238 valence electrons. The number of nitrogens with zero attached hydrogens (tertiary/aromatic N) is 1. The van der Waals surface area contributed by atoms with E-state index in [4.69, 9.17) is 0 Å². The SMILES string of the molecule is CC(C)N(C(=O)CNC(=O)C(Cc1cccc2ccccc12)NC(=O)C(C)(C)c1ccccc1)C(C=O)CC1CCCNC1=O. The van der Waals surface area contributed by atoms with Gasteiger partial charge in [-0.2, -0.15) is 0 Å². The second kappa shape index (κ2) is 15.0. The van der Waals surface area contributed by atoms with Crippen LogP contribution in [0.2, 0.25) is 0 Å². The van der Waals surface area contributed by atoms with Crippen molar-refractivity contribution in [3.05, 3.63) is 83.9 Å². The molecule has 1 fully saturated rings. The molecule has 1 aliphatic rings. The van der Waals surface area contributed by atoms with Crippen LogP contribution in [0.4, 0.5) is 0 Å². The number of amides is 4. The third-order valence-corrected chi connectivity index (χ3v) is 8.69. The molecule has 9 nitrogen and oxygen atoms in total. The molecule has 0 saturated carbocycles. The van der Waals surface area contributed by atoms with E-state index in [2.05, 4.69) is 16.0 Å². The highest BCUT2D eigenvalue weighted by Gasteiger charge is 2.35. The molecule has 0 aliphatic carbocycles. The Bertz CT molecular complexity index is 1510. The number of fused-ring (bicyclic) bond motifs is 1. The Balaban J connectivity index is 1.53. The van der Waals surface area contributed by atoms with Crippen LogP contribution >= 0.6 is 0 Å². The molecule has 9 heteroatoms. The first-order valence-electron chi connectivity index (χ1n) is 15.7. The van der Waals surface area contributed by atoms with E-state index in [1.165, 1.54) is 4.90 Å². The van der Waals surface area contributed by atoms with E-state index in [0.29, 0.717) is 19.3 Å². The molecule has 3 aromatic carbocycles. The predicted molar refractivity (Wildman–Crippen MR) is 174 cm³/mol. The molecule has 3 atom stereocenters. The lowest BCUT2D eigenvalue weighted by atomic mass is 9.83. The van der Waals surface area contributed by atoms with Gasteiger partial charge in [0.2, 0.25) is 23.6 Å². The molecule has 0 radical (unpaired) electrons. The molecule has 3 N–H and O–H groups in total. The molecule has 0 bridgehead atoms. The molecule has 0 aromatic heterocycles. The van der Waals surface area contributed by atoms with Gasteiger partial charge < -0.3 is 25.6 Å². The zero-order valence-electron chi connectivity index (χ0n) is 26.5. The minimum absolute atomic E-state index is 0.108. The zero-order chi connectivity index (χ0) is 32.6. The topological polar surface area (TPSA) is 125 Å². The van der Waals surface area contributed by atoms with Gasteiger partial charge in [0.15, 0.2) is 0 Å². The van der Waals surface area contributed by atoms with Crippen molar-refractivity contribution in [1.29, 1.82) is 0 Å². The summed E-state index contributed by atoms with van der Waals surface area (Å²) in [4.78, 5) is 66.9. The van der Waals surface area contributed by atoms with Gasteiger partial charge in [-0.3, -0.25) is 19.2 Å². The molecular formula is C36H44N4O5. The number of nitrogens with one attached hydrogen (secondary N) is 3. The van der Waals surface area contributed by atoms with Gasteiger partial charge in [-0.1, -0.05) is 72.8 Å². The molecule has 1 saturated heterocycles. The summed E-state index contributed by atoms with van der Waals surface area (Å²) in [6, 6.07) is 20.9. The van der Waals surface area contributed by atoms with Crippen LogP contribution in [0.25, 0.3) is 10.8 Å². The number of benzene rings is 3. The summed E-state index contributed by atoms with van der Waals surface area (Å²) in [6.45, 7) is 7.46. The van der Waals surface area contributed by atoms with E-state index < -0.39 is 29.3 Å². The van der Waals surface area contributed by atoms with Crippen molar-refractivity contribution in [1.82, 2.24) is 20.9 Å². The highest BCUT2D eigenvalue weighted by atomic mass is 16.2. The summed E-state index contributed by atoms with van der Waals surface area (Å²) in [5, 5.41) is 10.5. The Kier molecular flexibility index (Phi) is 11.1. The van der Waals surface area contributed by atoms with Crippen molar-refractivity contribution in [3.8, 4) is 0 Å². The highest BCUT2D eigenvalue weighted by Crippen LogP contribution is 2.25. The van der Waals surface area contributed by atoms with E-state index >= 15 is 0 Å². The Labute approximate surface area is 265 Å². The smallest absolute Gasteiger partial charge is 0.243 e. The fraction of sp³-hybridized carbons (Fsp3) is 0.417. The Morgan fingerprint density at radius 1 is 1.00 bits per heavy atom. The van der Waals surface area contributed by atoms with E-state index in [0.717, 1.165) is 28.3 Å². The van der Waals surface area contributed by atoms with Crippen LogP contribution < -0.4 is 16.0 Å². The van der Waals surface area contributed by atoms with Crippen LogP contribution in [0.1, 0.15) is 58.1 Å². The van der Waals surface area contributed by atoms with Crippen LogP contribution in [0.5, 0.6) is 0 Å². The van der Waals surface area contributed by atoms with Gasteiger partial charge in [0.05, 0.1) is 18.0 Å². The number of piperidine rings is 1. The summed E-state index contributed by atoms with van der Waals surface area (Å²) in [6.07, 6.45) is 2.61. The summed E-state index contributed by atoms with van der Waals surface area (Å²) >= 11 is 0. The van der Waals surface area contributed by atoms with Crippen molar-refractivity contribution in [2.75, 3.05) is 13.1 Å². The number of carbonyl (C=O) groups excluding carboxylic acids is 5. The van der Waals surface area contributed by atoms with Gasteiger partial charge in [0.1, 0.15) is 12.3 Å². The maximum atomic E-state index is 13.8. The monoisotopic (exact) mass is 612 g/mol. The first-order valence-corrected chi connectivity index (χ1v) is 15.7. The molecule has 45 heavy (non-hydrogen) atoms. The maximum Gasteiger partial charge on any atom is 0.243 e. The van der Waals surface area contributed by atoms with E-state index in [-0.39, 0.29) is 43.2 Å². The van der Waals surface area contributed by atoms with Crippen molar-refractivity contribution >= 4 is 40.7 Å². The zero-order valence-corrected chi connectivity index (χ0v) is 26.5. The van der Waals surface area contributed by atoms with E-state index in [1.54, 1.807) is 27.7 Å². The standard InChI is InChI=1S/C36H44N4O5/c1-24(2)40(29(23-41)20-27-15-11-19-37-33(27)43)32(42)22-38-34(44)31(21-26-14-10-13-25-12-8-9-18-30(25)26)39-35(45)36(3,4)28-16-6-5-7-17-28/h5-10,12-14,16-18,23-24,27,29,31H,11,15,19-22H2,1-4H3,(H,37,43)(H,38,44)(H,39,45). The average molecular weight is 613 g/mol. The summed E-state index contributed by atoms with van der Waals surface area (Å²) in [7, 11) is 0. The summed E-state index contributed by atoms with van der Waals surface area (Å²) in [5.41, 5.74) is 0.764. The van der Waals surface area contributed by atoms with Crippen LogP contribution in [-0.2, 0) is 35.8 Å². The molecular weight excluding hydrogens is 568 g/mol. The number of hydrogen-bond acceptors (Lipinski definition) is 5. The van der Waals surface area contributed by atoms with Crippen molar-refractivity contribution in [2.45, 2.75) is 76.9 Å². The Hall–Kier alpha value is -4.53. The lowest BCUT2D eigenvalue weighted by molar-refractivity contribution is -0.141. The number of hydrogen-bond donors (Lipinski definition) is 3. The second-order valence-electron chi connectivity index (χ2n) is 12.5. The quantitative estimate of drug-likeness (QED) is 0.254. The molecule has 1 heterocycles. The largest absolute Gasteiger partial charge is 0.356 e. The third-order valence-electron chi connectivity index (χ3n) is 8.69. The second-order valence-corrected chi connectivity index (χ2v) is 12.5. The minimum Gasteiger partial charge on any atom is -0.356 e. The fourth-order valence-corrected chi connectivity index (χ4v) is 6.04. The molecule has 3 aromatic rings. The van der Waals surface area contributed by atoms with E-state index in [9.17, 15) is 24.0 Å². The lowest BCUT2D eigenvalue weighted by Crippen LogP contribution is -2.55. The number of carbonyl (C=O) groups is 5. The summed E-state index contributed by atoms with van der Waals surface area (Å²) < 4.78 is 0. The number of aldehydes is 1. The molecule has 3 unspecified atom stereocenters. The van der Waals surface area contributed by atoms with Crippen LogP contribution in [0.15, 0.2) is 72.8 Å². The normalized spacial score (nSPS) is 16.4. The van der Waals surface area contributed by atoms with Crippen molar-refractivity contribution in [2.24, 2.45) is 5.92 Å². The third kappa shape index (κ3) is 8.15. The molecule has 4 amide bonds. The fourth-order valence-electron chi connectivity index (χ4n) is 6.04. The van der Waals surface area contributed by atoms with Crippen molar-refractivity contribution in [3.63, 3.8) is 0 Å². The highest BCUT2D eigenvalue weighted by molar-refractivity contribution is 5.95. The minimum atomic E-state index is -0.973. The maximum absolute atomic E-state index is 13.8. The molecule has 1 aliphatic heterocycles. The van der Waals surface area contributed by atoms with Crippen LogP contribution in [0.3, 0.4) is 0 Å². The average Bonchev–Trinajstić information content (AvgIpc) is 3.04. The Morgan fingerprint density at radius 2 is 1.69 bits per heavy atom. The van der Waals surface area contributed by atoms with Gasteiger partial charge in [0, 0.05) is 24.9 Å². The van der Waals surface area contributed by atoms with E-state index in [1.807, 2.05) is 72.8 Å².